The number of hydrogen-bond acceptors (Lipinski definition) is 3. The van der Waals surface area contributed by atoms with Gasteiger partial charge in [0.15, 0.2) is 0 Å². The maximum atomic E-state index is 12.1. The van der Waals surface area contributed by atoms with E-state index >= 15 is 0 Å². The summed E-state index contributed by atoms with van der Waals surface area (Å²) in [7, 11) is 0. The highest BCUT2D eigenvalue weighted by molar-refractivity contribution is 7.12. The summed E-state index contributed by atoms with van der Waals surface area (Å²) >= 11 is 24.9. The Morgan fingerprint density at radius 2 is 1.81 bits per heavy atom. The number of amides is 1. The highest BCUT2D eigenvalue weighted by Crippen LogP contribution is 2.31. The van der Waals surface area contributed by atoms with Crippen LogP contribution in [0.1, 0.15) is 9.67 Å². The van der Waals surface area contributed by atoms with Crippen molar-refractivity contribution in [2.45, 2.75) is 9.96 Å². The third kappa shape index (κ3) is 4.94. The molecule has 1 amide bonds. The van der Waals surface area contributed by atoms with Gasteiger partial charge < -0.3 is 10.6 Å². The maximum Gasteiger partial charge on any atom is 0.263 e. The second-order valence-electron chi connectivity index (χ2n) is 4.08. The summed E-state index contributed by atoms with van der Waals surface area (Å²) in [6.07, 6.45) is -0.890. The SMILES string of the molecule is O=C(N[C@@H](Nc1ccc(Cl)cc1)C(Cl)(Cl)Cl)c1cccs1. The second-order valence-corrected chi connectivity index (χ2v) is 7.83. The molecule has 0 saturated carbocycles. The van der Waals surface area contributed by atoms with Crippen LogP contribution in [-0.2, 0) is 0 Å². The van der Waals surface area contributed by atoms with Crippen molar-refractivity contribution in [1.29, 1.82) is 0 Å². The van der Waals surface area contributed by atoms with E-state index in [2.05, 4.69) is 10.6 Å². The van der Waals surface area contributed by atoms with Crippen molar-refractivity contribution < 1.29 is 4.79 Å². The molecule has 8 heteroatoms. The van der Waals surface area contributed by atoms with Crippen molar-refractivity contribution in [3.8, 4) is 0 Å². The quantitative estimate of drug-likeness (QED) is 0.579. The van der Waals surface area contributed by atoms with Gasteiger partial charge in [-0.1, -0.05) is 52.5 Å². The number of benzene rings is 1. The average molecular weight is 384 g/mol. The molecule has 0 saturated heterocycles. The predicted molar refractivity (Wildman–Crippen MR) is 90.9 cm³/mol. The van der Waals surface area contributed by atoms with Crippen LogP contribution < -0.4 is 10.6 Å². The van der Waals surface area contributed by atoms with Crippen LogP contribution in [0.3, 0.4) is 0 Å². The molecule has 0 unspecified atom stereocenters. The first-order valence-corrected chi connectivity index (χ1v) is 8.18. The Morgan fingerprint density at radius 1 is 1.14 bits per heavy atom. The molecule has 2 N–H and O–H groups in total. The molecule has 0 aliphatic carbocycles. The van der Waals surface area contributed by atoms with E-state index < -0.39 is 9.96 Å². The second kappa shape index (κ2) is 7.07. The van der Waals surface area contributed by atoms with Crippen LogP contribution in [0, 0.1) is 0 Å². The maximum absolute atomic E-state index is 12.1. The lowest BCUT2D eigenvalue weighted by atomic mass is 10.3. The van der Waals surface area contributed by atoms with E-state index in [9.17, 15) is 4.79 Å². The van der Waals surface area contributed by atoms with Gasteiger partial charge in [0, 0.05) is 10.7 Å². The number of thiophene rings is 1. The Bertz CT molecular complexity index is 596. The van der Waals surface area contributed by atoms with Crippen LogP contribution in [0.4, 0.5) is 5.69 Å². The van der Waals surface area contributed by atoms with Gasteiger partial charge in [0.25, 0.3) is 5.91 Å². The van der Waals surface area contributed by atoms with Gasteiger partial charge in [-0.3, -0.25) is 4.79 Å². The summed E-state index contributed by atoms with van der Waals surface area (Å²) in [4.78, 5) is 12.6. The minimum atomic E-state index is -1.72. The fourth-order valence-electron chi connectivity index (χ4n) is 1.52. The monoisotopic (exact) mass is 382 g/mol. The number of carbonyl (C=O) groups is 1. The van der Waals surface area contributed by atoms with Gasteiger partial charge in [-0.25, -0.2) is 0 Å². The smallest absolute Gasteiger partial charge is 0.263 e. The zero-order valence-electron chi connectivity index (χ0n) is 10.4. The van der Waals surface area contributed by atoms with E-state index in [1.807, 2.05) is 0 Å². The van der Waals surface area contributed by atoms with Gasteiger partial charge >= 0.3 is 0 Å². The molecule has 1 atom stereocenters. The van der Waals surface area contributed by atoms with Gasteiger partial charge in [0.2, 0.25) is 3.79 Å². The number of carbonyl (C=O) groups excluding carboxylic acids is 1. The lowest BCUT2D eigenvalue weighted by molar-refractivity contribution is 0.0946. The molecule has 1 aromatic heterocycles. The Balaban J connectivity index is 2.12. The van der Waals surface area contributed by atoms with E-state index in [0.29, 0.717) is 15.6 Å². The summed E-state index contributed by atoms with van der Waals surface area (Å²) in [6, 6.07) is 10.3. The first-order chi connectivity index (χ1) is 9.86. The number of hydrogen-bond donors (Lipinski definition) is 2. The number of rotatable bonds is 4. The minimum Gasteiger partial charge on any atom is -0.362 e. The fourth-order valence-corrected chi connectivity index (χ4v) is 2.60. The molecule has 0 bridgehead atoms. The fraction of sp³-hybridized carbons (Fsp3) is 0.154. The van der Waals surface area contributed by atoms with Crippen LogP contribution in [0.15, 0.2) is 41.8 Å². The molecule has 0 aliphatic heterocycles. The molecule has 3 nitrogen and oxygen atoms in total. The third-order valence-corrected chi connectivity index (χ3v) is 4.28. The number of anilines is 1. The summed E-state index contributed by atoms with van der Waals surface area (Å²) in [5.74, 6) is -0.317. The predicted octanol–water partition coefficient (Wildman–Crippen LogP) is 4.94. The lowest BCUT2D eigenvalue weighted by Gasteiger charge is -2.27. The Labute approximate surface area is 146 Å². The standard InChI is InChI=1S/C13H10Cl4N2OS/c14-8-3-5-9(6-4-8)18-12(13(15,16)17)19-11(20)10-2-1-7-21-10/h1-7,12,18H,(H,19,20)/t12-/m1/s1. The summed E-state index contributed by atoms with van der Waals surface area (Å²) in [5.41, 5.74) is 0.669. The van der Waals surface area contributed by atoms with Crippen LogP contribution >= 0.6 is 57.7 Å². The first-order valence-electron chi connectivity index (χ1n) is 5.79. The summed E-state index contributed by atoms with van der Waals surface area (Å²) in [5, 5.41) is 8.00. The van der Waals surface area contributed by atoms with Gasteiger partial charge in [-0.05, 0) is 35.7 Å². The number of halogens is 4. The molecular weight excluding hydrogens is 374 g/mol. The molecule has 2 aromatic rings. The summed E-state index contributed by atoms with van der Waals surface area (Å²) < 4.78 is -1.72. The molecule has 0 spiro atoms. The Morgan fingerprint density at radius 3 is 2.33 bits per heavy atom. The average Bonchev–Trinajstić information content (AvgIpc) is 2.93. The molecular formula is C13H10Cl4N2OS. The highest BCUT2D eigenvalue weighted by Gasteiger charge is 2.34. The Hall–Kier alpha value is -0.650. The van der Waals surface area contributed by atoms with Gasteiger partial charge in [0.1, 0.15) is 6.17 Å². The minimum absolute atomic E-state index is 0.317. The van der Waals surface area contributed by atoms with Crippen molar-refractivity contribution in [2.24, 2.45) is 0 Å². The Kier molecular flexibility index (Phi) is 5.63. The topological polar surface area (TPSA) is 41.1 Å². The van der Waals surface area contributed by atoms with Crippen molar-refractivity contribution in [3.05, 3.63) is 51.7 Å². The van der Waals surface area contributed by atoms with Gasteiger partial charge in [0.05, 0.1) is 4.88 Å². The van der Waals surface area contributed by atoms with Gasteiger partial charge in [-0.15, -0.1) is 11.3 Å². The largest absolute Gasteiger partial charge is 0.362 e. The van der Waals surface area contributed by atoms with Crippen molar-refractivity contribution in [1.82, 2.24) is 5.32 Å². The third-order valence-electron chi connectivity index (χ3n) is 2.50. The normalized spacial score (nSPS) is 12.8. The van der Waals surface area contributed by atoms with Crippen LogP contribution in [0.2, 0.25) is 5.02 Å². The van der Waals surface area contributed by atoms with E-state index in [-0.39, 0.29) is 5.91 Å². The van der Waals surface area contributed by atoms with E-state index in [4.69, 9.17) is 46.4 Å². The van der Waals surface area contributed by atoms with Crippen LogP contribution in [0.25, 0.3) is 0 Å². The molecule has 0 radical (unpaired) electrons. The van der Waals surface area contributed by atoms with Crippen molar-refractivity contribution in [2.75, 3.05) is 5.32 Å². The zero-order valence-corrected chi connectivity index (χ0v) is 14.3. The molecule has 112 valence electrons. The van der Waals surface area contributed by atoms with Crippen LogP contribution in [0.5, 0.6) is 0 Å². The van der Waals surface area contributed by atoms with Gasteiger partial charge in [-0.2, -0.15) is 0 Å². The first kappa shape index (κ1) is 16.7. The summed E-state index contributed by atoms with van der Waals surface area (Å²) in [6.45, 7) is 0. The van der Waals surface area contributed by atoms with E-state index in [1.165, 1.54) is 11.3 Å². The van der Waals surface area contributed by atoms with Crippen LogP contribution in [-0.4, -0.2) is 15.9 Å². The highest BCUT2D eigenvalue weighted by atomic mass is 35.6. The van der Waals surface area contributed by atoms with E-state index in [0.717, 1.165) is 0 Å². The molecule has 21 heavy (non-hydrogen) atoms. The lowest BCUT2D eigenvalue weighted by Crippen LogP contribution is -2.48. The molecule has 0 fully saturated rings. The number of nitrogens with one attached hydrogen (secondary N) is 2. The van der Waals surface area contributed by atoms with Crippen molar-refractivity contribution in [3.63, 3.8) is 0 Å². The molecule has 2 rings (SSSR count). The molecule has 1 aromatic carbocycles. The molecule has 1 heterocycles. The van der Waals surface area contributed by atoms with Crippen molar-refractivity contribution >= 4 is 69.3 Å². The zero-order chi connectivity index (χ0) is 15.5. The molecule has 0 aliphatic rings. The van der Waals surface area contributed by atoms with E-state index in [1.54, 1.807) is 41.8 Å². The number of alkyl halides is 3.